The van der Waals surface area contributed by atoms with Crippen molar-refractivity contribution < 1.29 is 19.8 Å². The van der Waals surface area contributed by atoms with Gasteiger partial charge in [-0.15, -0.1) is 11.3 Å². The van der Waals surface area contributed by atoms with Gasteiger partial charge in [0.2, 0.25) is 0 Å². The normalized spacial score (nSPS) is 20.0. The number of aryl methyl sites for hydroxylation is 1. The van der Waals surface area contributed by atoms with Gasteiger partial charge in [-0.25, -0.2) is 14.6 Å². The Morgan fingerprint density at radius 2 is 2.04 bits per heavy atom. The molecule has 1 aliphatic carbocycles. The molecule has 1 aromatic heterocycles. The number of fused-ring (bicyclic) bond motifs is 3. The molecule has 1 aromatic rings. The second kappa shape index (κ2) is 7.38. The first-order valence-corrected chi connectivity index (χ1v) is 8.00. The molecular formula is C15H19N3O4S. The molecule has 3 rings (SSSR count). The maximum atomic E-state index is 9.55. The lowest BCUT2D eigenvalue weighted by Crippen LogP contribution is -2.38. The van der Waals surface area contributed by atoms with E-state index in [9.17, 15) is 9.59 Å². The predicted octanol–water partition coefficient (Wildman–Crippen LogP) is 1.47. The summed E-state index contributed by atoms with van der Waals surface area (Å²) in [5, 5.41) is 16.3. The van der Waals surface area contributed by atoms with E-state index in [-0.39, 0.29) is 0 Å². The monoisotopic (exact) mass is 337 g/mol. The number of carboxylic acid groups (broad SMARTS) is 2. The van der Waals surface area contributed by atoms with Crippen LogP contribution in [0.5, 0.6) is 0 Å². The molecule has 0 fully saturated rings. The van der Waals surface area contributed by atoms with Crippen LogP contribution in [0, 0.1) is 0 Å². The third kappa shape index (κ3) is 4.40. The summed E-state index contributed by atoms with van der Waals surface area (Å²) in [6.45, 7) is 1.17. The minimum absolute atomic E-state index is 0.558. The van der Waals surface area contributed by atoms with E-state index in [1.807, 2.05) is 0 Å². The molecule has 0 spiro atoms. The maximum Gasteiger partial charge on any atom is 0.328 e. The van der Waals surface area contributed by atoms with Crippen LogP contribution in [0.2, 0.25) is 0 Å². The molecule has 2 heterocycles. The summed E-state index contributed by atoms with van der Waals surface area (Å²) in [4.78, 5) is 27.4. The smallest absolute Gasteiger partial charge is 0.328 e. The third-order valence-corrected chi connectivity index (χ3v) is 4.68. The molecule has 8 heteroatoms. The van der Waals surface area contributed by atoms with E-state index in [2.05, 4.69) is 23.0 Å². The Balaban J connectivity index is 0.000000207. The van der Waals surface area contributed by atoms with Crippen molar-refractivity contribution in [3.63, 3.8) is 0 Å². The number of nitrogen functional groups attached to an aromatic ring is 1. The van der Waals surface area contributed by atoms with Gasteiger partial charge in [-0.05, 0) is 31.9 Å². The topological polar surface area (TPSA) is 117 Å². The minimum atomic E-state index is -1.26. The summed E-state index contributed by atoms with van der Waals surface area (Å²) in [5.74, 6) is -2.51. The lowest BCUT2D eigenvalue weighted by Gasteiger charge is -2.35. The lowest BCUT2D eigenvalue weighted by molar-refractivity contribution is -0.134. The molecular weight excluding hydrogens is 318 g/mol. The zero-order valence-electron chi connectivity index (χ0n) is 12.7. The molecule has 0 saturated carbocycles. The fraction of sp³-hybridized carbons (Fsp3) is 0.400. The first-order valence-electron chi connectivity index (χ1n) is 7.18. The van der Waals surface area contributed by atoms with Crippen LogP contribution in [0.3, 0.4) is 0 Å². The second-order valence-electron chi connectivity index (χ2n) is 5.32. The van der Waals surface area contributed by atoms with E-state index < -0.39 is 11.9 Å². The highest BCUT2D eigenvalue weighted by molar-refractivity contribution is 7.15. The van der Waals surface area contributed by atoms with Crippen molar-refractivity contribution in [3.05, 3.63) is 28.8 Å². The van der Waals surface area contributed by atoms with Gasteiger partial charge in [0.1, 0.15) is 0 Å². The molecule has 0 bridgehead atoms. The number of hydrogen-bond donors (Lipinski definition) is 3. The number of anilines is 1. The van der Waals surface area contributed by atoms with Gasteiger partial charge in [0.15, 0.2) is 5.13 Å². The number of carbonyl (C=O) groups is 2. The van der Waals surface area contributed by atoms with Crippen LogP contribution in [0.15, 0.2) is 18.2 Å². The minimum Gasteiger partial charge on any atom is -0.478 e. The van der Waals surface area contributed by atoms with Crippen LogP contribution in [-0.4, -0.2) is 51.7 Å². The third-order valence-electron chi connectivity index (χ3n) is 3.74. The Labute approximate surface area is 137 Å². The van der Waals surface area contributed by atoms with Crippen molar-refractivity contribution in [3.8, 4) is 0 Å². The average molecular weight is 337 g/mol. The molecule has 2 aliphatic rings. The van der Waals surface area contributed by atoms with Crippen molar-refractivity contribution in [2.24, 2.45) is 0 Å². The van der Waals surface area contributed by atoms with Crippen LogP contribution in [-0.2, 0) is 16.0 Å². The second-order valence-corrected chi connectivity index (χ2v) is 6.43. The molecule has 124 valence electrons. The van der Waals surface area contributed by atoms with Crippen LogP contribution >= 0.6 is 11.3 Å². The number of likely N-dealkylation sites (N-methyl/N-ethyl adjacent to an activating group) is 1. The van der Waals surface area contributed by atoms with Crippen LogP contribution in [0.4, 0.5) is 5.13 Å². The number of nitrogens with two attached hydrogens (primary N) is 1. The molecule has 0 unspecified atom stereocenters. The summed E-state index contributed by atoms with van der Waals surface area (Å²) < 4.78 is 0. The fourth-order valence-electron chi connectivity index (χ4n) is 2.76. The van der Waals surface area contributed by atoms with Crippen molar-refractivity contribution >= 4 is 34.0 Å². The SMILES string of the molecule is CN1CCC=C2c3nc(N)sc3CC[C@H]21.O=C(O)/C=C\C(=O)O. The van der Waals surface area contributed by atoms with Crippen molar-refractivity contribution in [1.82, 2.24) is 9.88 Å². The van der Waals surface area contributed by atoms with Gasteiger partial charge in [0, 0.05) is 29.6 Å². The predicted molar refractivity (Wildman–Crippen MR) is 88.3 cm³/mol. The number of nitrogens with zero attached hydrogens (tertiary/aromatic N) is 2. The highest BCUT2D eigenvalue weighted by Gasteiger charge is 2.31. The highest BCUT2D eigenvalue weighted by atomic mass is 32.1. The molecule has 0 radical (unpaired) electrons. The summed E-state index contributed by atoms with van der Waals surface area (Å²) in [6.07, 6.45) is 6.96. The highest BCUT2D eigenvalue weighted by Crippen LogP contribution is 2.38. The zero-order valence-corrected chi connectivity index (χ0v) is 13.5. The van der Waals surface area contributed by atoms with Gasteiger partial charge < -0.3 is 15.9 Å². The number of hydrogen-bond acceptors (Lipinski definition) is 6. The van der Waals surface area contributed by atoms with Crippen LogP contribution < -0.4 is 5.73 Å². The van der Waals surface area contributed by atoms with Gasteiger partial charge >= 0.3 is 11.9 Å². The van der Waals surface area contributed by atoms with E-state index in [0.717, 1.165) is 18.0 Å². The fourth-order valence-corrected chi connectivity index (χ4v) is 3.63. The van der Waals surface area contributed by atoms with E-state index in [1.165, 1.54) is 29.1 Å². The van der Waals surface area contributed by atoms with Gasteiger partial charge in [-0.3, -0.25) is 4.90 Å². The first kappa shape index (κ1) is 17.2. The Kier molecular flexibility index (Phi) is 5.51. The molecule has 4 N–H and O–H groups in total. The molecule has 23 heavy (non-hydrogen) atoms. The van der Waals surface area contributed by atoms with Gasteiger partial charge in [0.05, 0.1) is 5.69 Å². The van der Waals surface area contributed by atoms with E-state index in [1.54, 1.807) is 11.3 Å². The molecule has 1 atom stereocenters. The van der Waals surface area contributed by atoms with Gasteiger partial charge in [0.25, 0.3) is 0 Å². The Bertz CT molecular complexity index is 650. The summed E-state index contributed by atoms with van der Waals surface area (Å²) in [6, 6.07) is 0.577. The maximum absolute atomic E-state index is 9.55. The van der Waals surface area contributed by atoms with Gasteiger partial charge in [-0.1, -0.05) is 6.08 Å². The number of carboxylic acids is 2. The average Bonchev–Trinajstić information content (AvgIpc) is 2.87. The lowest BCUT2D eigenvalue weighted by atomic mass is 9.88. The largest absolute Gasteiger partial charge is 0.478 e. The van der Waals surface area contributed by atoms with E-state index >= 15 is 0 Å². The van der Waals surface area contributed by atoms with Crippen molar-refractivity contribution in [2.75, 3.05) is 19.3 Å². The molecule has 1 aliphatic heterocycles. The Morgan fingerprint density at radius 3 is 2.65 bits per heavy atom. The van der Waals surface area contributed by atoms with Gasteiger partial charge in [-0.2, -0.15) is 0 Å². The molecule has 0 saturated heterocycles. The Morgan fingerprint density at radius 1 is 1.39 bits per heavy atom. The van der Waals surface area contributed by atoms with E-state index in [0.29, 0.717) is 18.2 Å². The number of aromatic nitrogens is 1. The summed E-state index contributed by atoms with van der Waals surface area (Å²) in [7, 11) is 2.21. The number of aliphatic carboxylic acids is 2. The first-order chi connectivity index (χ1) is 10.9. The summed E-state index contributed by atoms with van der Waals surface area (Å²) >= 11 is 1.65. The molecule has 0 aromatic carbocycles. The summed E-state index contributed by atoms with van der Waals surface area (Å²) in [5.41, 5.74) is 8.38. The van der Waals surface area contributed by atoms with Crippen LogP contribution in [0.1, 0.15) is 23.4 Å². The molecule has 0 amide bonds. The zero-order chi connectivity index (χ0) is 17.0. The van der Waals surface area contributed by atoms with Crippen molar-refractivity contribution in [2.45, 2.75) is 25.3 Å². The standard InChI is InChI=1S/C11H15N3S.C4H4O4/c1-14-6-2-3-7-8(14)4-5-9-10(7)13-11(12)15-9;5-3(6)1-2-4(7)8/h3,8H,2,4-6H2,1H3,(H2,12,13);1-2H,(H,5,6)(H,7,8)/b;2-1-/t8-;/m1./s1. The quantitative estimate of drug-likeness (QED) is 0.700. The number of rotatable bonds is 2. The van der Waals surface area contributed by atoms with Crippen LogP contribution in [0.25, 0.3) is 5.57 Å². The number of thiazole rings is 1. The van der Waals surface area contributed by atoms with E-state index in [4.69, 9.17) is 15.9 Å². The Hall–Kier alpha value is -2.19. The van der Waals surface area contributed by atoms with Crippen molar-refractivity contribution in [1.29, 1.82) is 0 Å². The molecule has 7 nitrogen and oxygen atoms in total.